The summed E-state index contributed by atoms with van der Waals surface area (Å²) in [7, 11) is 0. The molecule has 1 aromatic carbocycles. The van der Waals surface area contributed by atoms with Gasteiger partial charge in [0.25, 0.3) is 11.8 Å². The van der Waals surface area contributed by atoms with Crippen LogP contribution in [0, 0.1) is 13.8 Å². The van der Waals surface area contributed by atoms with Crippen LogP contribution in [0.25, 0.3) is 10.9 Å². The van der Waals surface area contributed by atoms with Crippen LogP contribution in [0.5, 0.6) is 0 Å². The largest absolute Gasteiger partial charge is 0.459 e. The molecule has 0 saturated carbocycles. The zero-order chi connectivity index (χ0) is 18.3. The summed E-state index contributed by atoms with van der Waals surface area (Å²) in [5.74, 6) is 0.201. The Balaban J connectivity index is 1.49. The number of furan rings is 1. The molecule has 0 aliphatic carbocycles. The number of rotatable bonds is 2. The maximum atomic E-state index is 13.0. The van der Waals surface area contributed by atoms with Crippen LogP contribution in [-0.4, -0.2) is 52.8 Å². The Morgan fingerprint density at radius 1 is 1.00 bits per heavy atom. The Kier molecular flexibility index (Phi) is 4.03. The number of hydrogen-bond donors (Lipinski definition) is 1. The number of H-pyrrole nitrogens is 1. The highest BCUT2D eigenvalue weighted by Crippen LogP contribution is 2.24. The maximum Gasteiger partial charge on any atom is 0.289 e. The number of piperazine rings is 1. The SMILES string of the molecule is Cc1ccc2c(C)c(C(=O)N3CCN(C(=O)c4ccco4)CC3)[nH]c2c1. The molecular formula is C20H21N3O3. The van der Waals surface area contributed by atoms with Crippen LogP contribution in [0.4, 0.5) is 0 Å². The van der Waals surface area contributed by atoms with E-state index in [0.717, 1.165) is 22.0 Å². The average Bonchev–Trinajstić information content (AvgIpc) is 3.29. The number of benzene rings is 1. The minimum absolute atomic E-state index is 0.0125. The summed E-state index contributed by atoms with van der Waals surface area (Å²) in [6.45, 7) is 6.04. The van der Waals surface area contributed by atoms with E-state index < -0.39 is 0 Å². The summed E-state index contributed by atoms with van der Waals surface area (Å²) in [4.78, 5) is 32.1. The number of nitrogens with zero attached hydrogens (tertiary/aromatic N) is 2. The summed E-state index contributed by atoms with van der Waals surface area (Å²) < 4.78 is 5.17. The number of aromatic nitrogens is 1. The van der Waals surface area contributed by atoms with Crippen LogP contribution in [0.3, 0.4) is 0 Å². The Morgan fingerprint density at radius 3 is 2.35 bits per heavy atom. The lowest BCUT2D eigenvalue weighted by Crippen LogP contribution is -2.50. The number of carbonyl (C=O) groups excluding carboxylic acids is 2. The van der Waals surface area contributed by atoms with E-state index in [1.807, 2.05) is 19.9 Å². The van der Waals surface area contributed by atoms with Gasteiger partial charge in [0.05, 0.1) is 6.26 Å². The molecule has 0 unspecified atom stereocenters. The molecule has 1 N–H and O–H groups in total. The van der Waals surface area contributed by atoms with Crippen LogP contribution in [0.1, 0.15) is 32.2 Å². The lowest BCUT2D eigenvalue weighted by atomic mass is 10.1. The first-order chi connectivity index (χ1) is 12.5. The van der Waals surface area contributed by atoms with Gasteiger partial charge in [-0.25, -0.2) is 0 Å². The van der Waals surface area contributed by atoms with Crippen LogP contribution in [0.2, 0.25) is 0 Å². The number of amides is 2. The highest BCUT2D eigenvalue weighted by Gasteiger charge is 2.28. The van der Waals surface area contributed by atoms with Crippen molar-refractivity contribution in [1.29, 1.82) is 0 Å². The summed E-state index contributed by atoms with van der Waals surface area (Å²) in [5.41, 5.74) is 3.75. The Labute approximate surface area is 151 Å². The number of nitrogens with one attached hydrogen (secondary N) is 1. The normalized spacial score (nSPS) is 14.8. The fraction of sp³-hybridized carbons (Fsp3) is 0.300. The molecule has 0 spiro atoms. The second kappa shape index (κ2) is 6.37. The molecule has 1 saturated heterocycles. The molecule has 2 aromatic heterocycles. The Morgan fingerprint density at radius 2 is 1.69 bits per heavy atom. The van der Waals surface area contributed by atoms with Gasteiger partial charge in [-0.15, -0.1) is 0 Å². The molecule has 3 heterocycles. The first kappa shape index (κ1) is 16.4. The highest BCUT2D eigenvalue weighted by atomic mass is 16.3. The third kappa shape index (κ3) is 2.77. The third-order valence-corrected chi connectivity index (χ3v) is 5.01. The molecule has 2 amide bonds. The molecule has 1 aliphatic rings. The molecular weight excluding hydrogens is 330 g/mol. The van der Waals surface area contributed by atoms with E-state index in [-0.39, 0.29) is 11.8 Å². The van der Waals surface area contributed by atoms with Crippen molar-refractivity contribution in [3.63, 3.8) is 0 Å². The van der Waals surface area contributed by atoms with Crippen molar-refractivity contribution in [3.05, 3.63) is 59.2 Å². The van der Waals surface area contributed by atoms with E-state index >= 15 is 0 Å². The smallest absolute Gasteiger partial charge is 0.289 e. The van der Waals surface area contributed by atoms with Gasteiger partial charge in [0.1, 0.15) is 5.69 Å². The van der Waals surface area contributed by atoms with Gasteiger partial charge in [0, 0.05) is 37.1 Å². The minimum Gasteiger partial charge on any atom is -0.459 e. The van der Waals surface area contributed by atoms with Gasteiger partial charge in [0.2, 0.25) is 0 Å². The van der Waals surface area contributed by atoms with Crippen LogP contribution in [-0.2, 0) is 0 Å². The first-order valence-electron chi connectivity index (χ1n) is 8.75. The predicted molar refractivity (Wildman–Crippen MR) is 98.3 cm³/mol. The topological polar surface area (TPSA) is 69.6 Å². The van der Waals surface area contributed by atoms with E-state index in [1.165, 1.54) is 6.26 Å². The molecule has 6 nitrogen and oxygen atoms in total. The van der Waals surface area contributed by atoms with Gasteiger partial charge >= 0.3 is 0 Å². The average molecular weight is 351 g/mol. The quantitative estimate of drug-likeness (QED) is 0.772. The van der Waals surface area contributed by atoms with E-state index in [1.54, 1.807) is 21.9 Å². The van der Waals surface area contributed by atoms with Gasteiger partial charge in [0.15, 0.2) is 5.76 Å². The zero-order valence-corrected chi connectivity index (χ0v) is 14.9. The summed E-state index contributed by atoms with van der Waals surface area (Å²) in [6.07, 6.45) is 1.49. The standard InChI is InChI=1S/C20H21N3O3/c1-13-5-6-15-14(2)18(21-16(15)12-13)20(25)23-9-7-22(8-10-23)19(24)17-4-3-11-26-17/h3-6,11-12,21H,7-10H2,1-2H3. The molecule has 0 atom stereocenters. The van der Waals surface area contributed by atoms with Crippen LogP contribution >= 0.6 is 0 Å². The second-order valence-electron chi connectivity index (χ2n) is 6.74. The van der Waals surface area contributed by atoms with Crippen molar-refractivity contribution in [2.45, 2.75) is 13.8 Å². The predicted octanol–water partition coefficient (Wildman–Crippen LogP) is 2.98. The van der Waals surface area contributed by atoms with Crippen molar-refractivity contribution in [3.8, 4) is 0 Å². The molecule has 0 radical (unpaired) electrons. The zero-order valence-electron chi connectivity index (χ0n) is 14.9. The van der Waals surface area contributed by atoms with E-state index in [2.05, 4.69) is 17.1 Å². The first-order valence-corrected chi connectivity index (χ1v) is 8.75. The van der Waals surface area contributed by atoms with Crippen LogP contribution < -0.4 is 0 Å². The van der Waals surface area contributed by atoms with Crippen LogP contribution in [0.15, 0.2) is 41.0 Å². The molecule has 3 aromatic rings. The van der Waals surface area contributed by atoms with Crippen molar-refractivity contribution < 1.29 is 14.0 Å². The monoisotopic (exact) mass is 351 g/mol. The Hall–Kier alpha value is -3.02. The number of aromatic amines is 1. The van der Waals surface area contributed by atoms with Crippen molar-refractivity contribution in [1.82, 2.24) is 14.8 Å². The lowest BCUT2D eigenvalue weighted by Gasteiger charge is -2.34. The maximum absolute atomic E-state index is 13.0. The van der Waals surface area contributed by atoms with Gasteiger partial charge in [-0.2, -0.15) is 0 Å². The van der Waals surface area contributed by atoms with Gasteiger partial charge in [-0.3, -0.25) is 9.59 Å². The summed E-state index contributed by atoms with van der Waals surface area (Å²) in [5, 5.41) is 1.07. The second-order valence-corrected chi connectivity index (χ2v) is 6.74. The number of carbonyl (C=O) groups is 2. The lowest BCUT2D eigenvalue weighted by molar-refractivity contribution is 0.0515. The van der Waals surface area contributed by atoms with Crippen molar-refractivity contribution in [2.24, 2.45) is 0 Å². The fourth-order valence-corrected chi connectivity index (χ4v) is 3.49. The van der Waals surface area contributed by atoms with Gasteiger partial charge in [-0.1, -0.05) is 12.1 Å². The van der Waals surface area contributed by atoms with Crippen molar-refractivity contribution in [2.75, 3.05) is 26.2 Å². The van der Waals surface area contributed by atoms with Gasteiger partial charge < -0.3 is 19.2 Å². The van der Waals surface area contributed by atoms with Crippen molar-refractivity contribution >= 4 is 22.7 Å². The fourth-order valence-electron chi connectivity index (χ4n) is 3.49. The number of aryl methyl sites for hydroxylation is 2. The minimum atomic E-state index is -0.126. The van der Waals surface area contributed by atoms with E-state index in [0.29, 0.717) is 37.6 Å². The molecule has 1 aliphatic heterocycles. The van der Waals surface area contributed by atoms with E-state index in [9.17, 15) is 9.59 Å². The molecule has 134 valence electrons. The number of hydrogen-bond acceptors (Lipinski definition) is 3. The summed E-state index contributed by atoms with van der Waals surface area (Å²) in [6, 6.07) is 9.52. The van der Waals surface area contributed by atoms with E-state index in [4.69, 9.17) is 4.42 Å². The third-order valence-electron chi connectivity index (χ3n) is 5.01. The molecule has 1 fully saturated rings. The molecule has 26 heavy (non-hydrogen) atoms. The number of fused-ring (bicyclic) bond motifs is 1. The highest BCUT2D eigenvalue weighted by molar-refractivity contribution is 6.01. The molecule has 4 rings (SSSR count). The molecule has 0 bridgehead atoms. The molecule has 6 heteroatoms. The van der Waals surface area contributed by atoms with Gasteiger partial charge in [-0.05, 0) is 43.2 Å². The summed E-state index contributed by atoms with van der Waals surface area (Å²) >= 11 is 0. The Bertz CT molecular complexity index is 964.